The highest BCUT2D eigenvalue weighted by Gasteiger charge is 2.68. The van der Waals surface area contributed by atoms with Crippen LogP contribution in [0.5, 0.6) is 5.75 Å². The van der Waals surface area contributed by atoms with Gasteiger partial charge in [0.2, 0.25) is 0 Å². The lowest BCUT2D eigenvalue weighted by Crippen LogP contribution is -2.54. The monoisotopic (exact) mass is 541 g/mol. The molecule has 2 aliphatic heterocycles. The second-order valence-corrected chi connectivity index (χ2v) is 9.91. The van der Waals surface area contributed by atoms with Crippen molar-refractivity contribution in [3.8, 4) is 5.75 Å². The van der Waals surface area contributed by atoms with Gasteiger partial charge in [0.25, 0.3) is 11.9 Å². The lowest BCUT2D eigenvalue weighted by molar-refractivity contribution is -0.534. The summed E-state index contributed by atoms with van der Waals surface area (Å²) in [4.78, 5) is 27.1. The molecule has 3 aromatic rings. The fraction of sp³-hybridized carbons (Fsp3) is 0.240. The number of hydrogen-bond acceptors (Lipinski definition) is 5. The Balaban J connectivity index is 1.46. The minimum Gasteiger partial charge on any atom is -0.487 e. The molecule has 0 bridgehead atoms. The Morgan fingerprint density at radius 1 is 1.21 bits per heavy atom. The third-order valence-electron chi connectivity index (χ3n) is 6.73. The van der Waals surface area contributed by atoms with Crippen LogP contribution in [0.15, 0.2) is 71.2 Å². The van der Waals surface area contributed by atoms with Crippen molar-refractivity contribution in [3.05, 3.63) is 103 Å². The van der Waals surface area contributed by atoms with Gasteiger partial charge in [-0.1, -0.05) is 63.9 Å². The van der Waals surface area contributed by atoms with Crippen molar-refractivity contribution in [1.82, 2.24) is 4.90 Å². The Labute approximate surface area is 209 Å². The normalized spacial score (nSPS) is 23.7. The molecule has 0 radical (unpaired) electrons. The molecule has 2 aliphatic rings. The molecule has 1 fully saturated rings. The fourth-order valence-corrected chi connectivity index (χ4v) is 5.69. The van der Waals surface area contributed by atoms with Gasteiger partial charge >= 0.3 is 0 Å². The number of nitro groups is 1. The summed E-state index contributed by atoms with van der Waals surface area (Å²) in [6.45, 7) is 0.679. The van der Waals surface area contributed by atoms with E-state index in [0.29, 0.717) is 40.7 Å². The van der Waals surface area contributed by atoms with E-state index in [1.165, 1.54) is 0 Å². The van der Waals surface area contributed by atoms with Crippen LogP contribution >= 0.6 is 27.5 Å². The molecular formula is C25H21BrClN3O4. The van der Waals surface area contributed by atoms with Crippen LogP contribution in [-0.4, -0.2) is 35.4 Å². The highest BCUT2D eigenvalue weighted by Crippen LogP contribution is 2.52. The Morgan fingerprint density at radius 2 is 1.94 bits per heavy atom. The summed E-state index contributed by atoms with van der Waals surface area (Å²) in [6.07, 6.45) is 0. The first-order chi connectivity index (χ1) is 16.3. The maximum absolute atomic E-state index is 13.2. The molecule has 9 heteroatoms. The van der Waals surface area contributed by atoms with Crippen LogP contribution in [0.1, 0.15) is 22.6 Å². The van der Waals surface area contributed by atoms with E-state index in [1.807, 2.05) is 24.3 Å². The maximum Gasteiger partial charge on any atom is 0.256 e. The molecule has 0 aliphatic carbocycles. The first-order valence-corrected chi connectivity index (χ1v) is 11.9. The average Bonchev–Trinajstić information content (AvgIpc) is 3.29. The molecule has 34 heavy (non-hydrogen) atoms. The SMILES string of the molecule is CN1C[C@H](c2ccc(OCc3ccc(Br)cc3)c(Cl)c2)[C@H]([N+](=O)[O-])[C@@]12C(=O)Nc1ccccc12. The van der Waals surface area contributed by atoms with E-state index < -0.39 is 17.5 Å². The number of anilines is 1. The van der Waals surface area contributed by atoms with Crippen LogP contribution in [0, 0.1) is 10.1 Å². The molecule has 1 amide bonds. The number of rotatable bonds is 5. The summed E-state index contributed by atoms with van der Waals surface area (Å²) in [5.41, 5.74) is 1.55. The van der Waals surface area contributed by atoms with Crippen molar-refractivity contribution in [2.75, 3.05) is 18.9 Å². The van der Waals surface area contributed by atoms with Crippen LogP contribution in [-0.2, 0) is 16.9 Å². The van der Waals surface area contributed by atoms with E-state index in [-0.39, 0.29) is 10.8 Å². The number of hydrogen-bond donors (Lipinski definition) is 1. The molecule has 0 saturated carbocycles. The minimum atomic E-state index is -1.38. The largest absolute Gasteiger partial charge is 0.487 e. The van der Waals surface area contributed by atoms with Crippen LogP contribution in [0.4, 0.5) is 5.69 Å². The smallest absolute Gasteiger partial charge is 0.256 e. The van der Waals surface area contributed by atoms with Crippen molar-refractivity contribution in [3.63, 3.8) is 0 Å². The van der Waals surface area contributed by atoms with E-state index >= 15 is 0 Å². The summed E-state index contributed by atoms with van der Waals surface area (Å²) >= 11 is 9.94. The van der Waals surface area contributed by atoms with Crippen molar-refractivity contribution in [2.45, 2.75) is 24.1 Å². The molecule has 1 N–H and O–H groups in total. The second-order valence-electron chi connectivity index (χ2n) is 8.59. The number of carbonyl (C=O) groups excluding carboxylic acids is 1. The number of ether oxygens (including phenoxy) is 1. The number of nitrogens with one attached hydrogen (secondary N) is 1. The summed E-state index contributed by atoms with van der Waals surface area (Å²) < 4.78 is 6.86. The third kappa shape index (κ3) is 3.57. The number of likely N-dealkylation sites (N-methyl/N-ethyl adjacent to an activating group) is 1. The molecule has 0 unspecified atom stereocenters. The topological polar surface area (TPSA) is 84.7 Å². The van der Waals surface area contributed by atoms with Gasteiger partial charge in [0.1, 0.15) is 12.4 Å². The van der Waals surface area contributed by atoms with Gasteiger partial charge in [-0.3, -0.25) is 19.8 Å². The van der Waals surface area contributed by atoms with E-state index in [4.69, 9.17) is 16.3 Å². The van der Waals surface area contributed by atoms with E-state index in [1.54, 1.807) is 54.4 Å². The number of amides is 1. The summed E-state index contributed by atoms with van der Waals surface area (Å²) in [5.74, 6) is -0.410. The zero-order valence-corrected chi connectivity index (χ0v) is 20.5. The number of fused-ring (bicyclic) bond motifs is 2. The van der Waals surface area contributed by atoms with Gasteiger partial charge in [0.15, 0.2) is 5.54 Å². The van der Waals surface area contributed by atoms with E-state index in [9.17, 15) is 14.9 Å². The Hall–Kier alpha value is -2.94. The number of para-hydroxylation sites is 1. The molecule has 0 aromatic heterocycles. The molecule has 5 rings (SSSR count). The second kappa shape index (κ2) is 8.69. The van der Waals surface area contributed by atoms with Gasteiger partial charge in [-0.25, -0.2) is 0 Å². The molecule has 3 aromatic carbocycles. The lowest BCUT2D eigenvalue weighted by atomic mass is 9.79. The lowest BCUT2D eigenvalue weighted by Gasteiger charge is -2.30. The van der Waals surface area contributed by atoms with Gasteiger partial charge in [0.05, 0.1) is 10.9 Å². The first-order valence-electron chi connectivity index (χ1n) is 10.7. The van der Waals surface area contributed by atoms with Gasteiger partial charge in [-0.15, -0.1) is 0 Å². The van der Waals surface area contributed by atoms with Gasteiger partial charge in [-0.05, 0) is 48.5 Å². The van der Waals surface area contributed by atoms with Gasteiger partial charge in [0, 0.05) is 27.2 Å². The molecule has 174 valence electrons. The number of carbonyl (C=O) groups is 1. The molecule has 1 saturated heterocycles. The minimum absolute atomic E-state index is 0.332. The van der Waals surface area contributed by atoms with Gasteiger partial charge < -0.3 is 10.1 Å². The molecule has 1 spiro atoms. The van der Waals surface area contributed by atoms with Crippen molar-refractivity contribution in [2.24, 2.45) is 0 Å². The highest BCUT2D eigenvalue weighted by atomic mass is 79.9. The standard InChI is InChI=1S/C25H21BrClN3O4/c1-29-13-18(23(30(32)33)25(29)19-4-2-3-5-21(19)28-24(25)31)16-8-11-22(20(27)12-16)34-14-15-6-9-17(26)10-7-15/h2-12,18,23H,13-14H2,1H3,(H,28,31)/t18-,23+,25+/m1/s1. The highest BCUT2D eigenvalue weighted by molar-refractivity contribution is 9.10. The van der Waals surface area contributed by atoms with Crippen molar-refractivity contribution >= 4 is 39.1 Å². The van der Waals surface area contributed by atoms with Crippen LogP contribution < -0.4 is 10.1 Å². The number of halogens is 2. The predicted molar refractivity (Wildman–Crippen MR) is 133 cm³/mol. The quantitative estimate of drug-likeness (QED) is 0.354. The summed E-state index contributed by atoms with van der Waals surface area (Å²) in [7, 11) is 1.76. The molecule has 2 heterocycles. The zero-order valence-electron chi connectivity index (χ0n) is 18.2. The summed E-state index contributed by atoms with van der Waals surface area (Å²) in [5, 5.41) is 15.6. The third-order valence-corrected chi connectivity index (χ3v) is 7.56. The molecule has 7 nitrogen and oxygen atoms in total. The summed E-state index contributed by atoms with van der Waals surface area (Å²) in [6, 6.07) is 19.0. The first kappa shape index (κ1) is 22.8. The number of likely N-dealkylation sites (tertiary alicyclic amines) is 1. The van der Waals surface area contributed by atoms with Crippen molar-refractivity contribution < 1.29 is 14.5 Å². The van der Waals surface area contributed by atoms with Crippen molar-refractivity contribution in [1.29, 1.82) is 0 Å². The Bertz CT molecular complexity index is 1290. The van der Waals surface area contributed by atoms with Crippen LogP contribution in [0.25, 0.3) is 0 Å². The van der Waals surface area contributed by atoms with E-state index in [2.05, 4.69) is 21.2 Å². The number of benzene rings is 3. The zero-order chi connectivity index (χ0) is 24.0. The van der Waals surface area contributed by atoms with Crippen LogP contribution in [0.2, 0.25) is 5.02 Å². The average molecular weight is 543 g/mol. The molecule has 3 atom stereocenters. The fourth-order valence-electron chi connectivity index (χ4n) is 5.19. The Morgan fingerprint density at radius 3 is 2.65 bits per heavy atom. The Kier molecular flexibility index (Phi) is 5.83. The number of nitrogens with zero attached hydrogens (tertiary/aromatic N) is 2. The predicted octanol–water partition coefficient (Wildman–Crippen LogP) is 5.20. The van der Waals surface area contributed by atoms with E-state index in [0.717, 1.165) is 10.0 Å². The van der Waals surface area contributed by atoms with Gasteiger partial charge in [-0.2, -0.15) is 0 Å². The molecular weight excluding hydrogens is 522 g/mol. The van der Waals surface area contributed by atoms with Crippen LogP contribution in [0.3, 0.4) is 0 Å². The maximum atomic E-state index is 13.2.